The fourth-order valence-electron chi connectivity index (χ4n) is 1.39. The Morgan fingerprint density at radius 1 is 1.23 bits per heavy atom. The maximum Gasteiger partial charge on any atom is 0.0950 e. The van der Waals surface area contributed by atoms with Gasteiger partial charge in [-0.2, -0.15) is 0 Å². The largest absolute Gasteiger partial charge is 0.351 e. The fourth-order valence-corrected chi connectivity index (χ4v) is 1.39. The molecule has 13 heavy (non-hydrogen) atoms. The minimum atomic E-state index is 0.117. The first-order chi connectivity index (χ1) is 6.18. The molecule has 1 aromatic heterocycles. The molecule has 0 aliphatic rings. The molecule has 68 valence electrons. The molecule has 0 bridgehead atoms. The summed E-state index contributed by atoms with van der Waals surface area (Å²) in [7, 11) is 1.94. The minimum absolute atomic E-state index is 0.117. The summed E-state index contributed by atoms with van der Waals surface area (Å²) < 4.78 is 1.97. The molecule has 0 fully saturated rings. The van der Waals surface area contributed by atoms with Crippen LogP contribution in [-0.2, 0) is 7.05 Å². The van der Waals surface area contributed by atoms with Gasteiger partial charge in [0.1, 0.15) is 0 Å². The van der Waals surface area contributed by atoms with Gasteiger partial charge in [-0.1, -0.05) is 0 Å². The molecule has 1 heterocycles. The monoisotopic (exact) mass is 178 g/mol. The highest BCUT2D eigenvalue weighted by molar-refractivity contribution is 5.83. The summed E-state index contributed by atoms with van der Waals surface area (Å²) in [5.41, 5.74) is 1.42. The molecule has 0 aliphatic heterocycles. The van der Waals surface area contributed by atoms with Crippen LogP contribution in [0.4, 0.5) is 5.69 Å². The van der Waals surface area contributed by atoms with Gasteiger partial charge in [0.2, 0.25) is 0 Å². The smallest absolute Gasteiger partial charge is 0.0950 e. The van der Waals surface area contributed by atoms with Crippen LogP contribution in [-0.4, -0.2) is 15.0 Å². The van der Waals surface area contributed by atoms with E-state index < -0.39 is 0 Å². The topological polar surface area (TPSA) is 48.6 Å². The first-order valence-corrected chi connectivity index (χ1v) is 3.91. The number of aromatic nitrogens is 1. The molecule has 0 aliphatic carbocycles. The average Bonchev–Trinajstić information content (AvgIpc) is 2.47. The van der Waals surface area contributed by atoms with Crippen molar-refractivity contribution in [1.82, 2.24) is 4.57 Å². The molecule has 2 rings (SSSR count). The fraction of sp³-hybridized carbons (Fsp3) is 0.111. The Kier molecular flexibility index (Phi) is 1.72. The molecule has 4 heteroatoms. The van der Waals surface area contributed by atoms with E-state index in [0.717, 1.165) is 10.9 Å². The van der Waals surface area contributed by atoms with E-state index in [4.69, 9.17) is 10.4 Å². The van der Waals surface area contributed by atoms with Crippen LogP contribution in [0.2, 0.25) is 0 Å². The van der Waals surface area contributed by atoms with Crippen LogP contribution in [0.5, 0.6) is 0 Å². The number of rotatable bonds is 1. The van der Waals surface area contributed by atoms with Gasteiger partial charge in [0.25, 0.3) is 0 Å². The van der Waals surface area contributed by atoms with Gasteiger partial charge in [0.15, 0.2) is 0 Å². The second-order valence-corrected chi connectivity index (χ2v) is 2.96. The predicted octanol–water partition coefficient (Wildman–Crippen LogP) is 1.76. The molecular weight excluding hydrogens is 168 g/mol. The molecule has 0 amide bonds. The Morgan fingerprint density at radius 3 is 2.69 bits per heavy atom. The van der Waals surface area contributed by atoms with Gasteiger partial charge in [-0.25, -0.2) is 0 Å². The van der Waals surface area contributed by atoms with Gasteiger partial charge in [0, 0.05) is 24.1 Å². The van der Waals surface area contributed by atoms with Crippen molar-refractivity contribution in [1.29, 1.82) is 0 Å². The zero-order valence-corrected chi connectivity index (χ0v) is 7.18. The Hall–Kier alpha value is -1.52. The van der Waals surface area contributed by atoms with E-state index in [1.807, 2.05) is 29.9 Å². The van der Waals surface area contributed by atoms with E-state index in [1.54, 1.807) is 12.1 Å². The van der Waals surface area contributed by atoms with Crippen molar-refractivity contribution in [3.8, 4) is 0 Å². The molecule has 0 spiro atoms. The van der Waals surface area contributed by atoms with Gasteiger partial charge >= 0.3 is 0 Å². The lowest BCUT2D eigenvalue weighted by Crippen LogP contribution is -2.10. The second kappa shape index (κ2) is 2.76. The van der Waals surface area contributed by atoms with Gasteiger partial charge in [0.05, 0.1) is 5.69 Å². The third kappa shape index (κ3) is 1.26. The summed E-state index contributed by atoms with van der Waals surface area (Å²) >= 11 is 0. The van der Waals surface area contributed by atoms with Crippen molar-refractivity contribution in [2.75, 3.05) is 5.23 Å². The summed E-state index contributed by atoms with van der Waals surface area (Å²) in [4.78, 5) is 0. The van der Waals surface area contributed by atoms with Crippen LogP contribution in [0, 0.1) is 0 Å². The predicted molar refractivity (Wildman–Crippen MR) is 49.0 cm³/mol. The summed E-state index contributed by atoms with van der Waals surface area (Å²) in [6.07, 6.45) is 1.92. The van der Waals surface area contributed by atoms with E-state index in [9.17, 15) is 0 Å². The highest BCUT2D eigenvalue weighted by atomic mass is 16.8. The van der Waals surface area contributed by atoms with E-state index in [2.05, 4.69) is 0 Å². The van der Waals surface area contributed by atoms with Crippen molar-refractivity contribution >= 4 is 16.6 Å². The molecule has 0 unspecified atom stereocenters. The van der Waals surface area contributed by atoms with E-state index in [-0.39, 0.29) is 5.23 Å². The molecule has 4 nitrogen and oxygen atoms in total. The Bertz CT molecular complexity index is 434. The Balaban J connectivity index is 2.63. The van der Waals surface area contributed by atoms with Crippen LogP contribution in [0.3, 0.4) is 0 Å². The third-order valence-corrected chi connectivity index (χ3v) is 2.10. The number of fused-ring (bicyclic) bond motifs is 1. The first-order valence-electron chi connectivity index (χ1n) is 3.91. The molecule has 0 saturated carbocycles. The van der Waals surface area contributed by atoms with Crippen molar-refractivity contribution < 1.29 is 10.4 Å². The number of aryl methyl sites for hydroxylation is 1. The molecular formula is C9H10N2O2. The zero-order valence-electron chi connectivity index (χ0n) is 7.18. The highest BCUT2D eigenvalue weighted by Crippen LogP contribution is 2.20. The summed E-state index contributed by atoms with van der Waals surface area (Å²) in [5.74, 6) is 0. The highest BCUT2D eigenvalue weighted by Gasteiger charge is 2.02. The van der Waals surface area contributed by atoms with Crippen LogP contribution in [0.15, 0.2) is 30.5 Å². The van der Waals surface area contributed by atoms with Crippen molar-refractivity contribution in [2.24, 2.45) is 7.05 Å². The molecule has 0 saturated heterocycles. The molecule has 0 atom stereocenters. The normalized spacial score (nSPS) is 10.7. The van der Waals surface area contributed by atoms with Crippen molar-refractivity contribution in [3.63, 3.8) is 0 Å². The first kappa shape index (κ1) is 8.10. The number of benzene rings is 1. The number of anilines is 1. The van der Waals surface area contributed by atoms with Crippen LogP contribution in [0.1, 0.15) is 0 Å². The molecule has 0 radical (unpaired) electrons. The maximum absolute atomic E-state index is 8.77. The third-order valence-electron chi connectivity index (χ3n) is 2.10. The number of hydrogen-bond acceptors (Lipinski definition) is 3. The van der Waals surface area contributed by atoms with E-state index >= 15 is 0 Å². The average molecular weight is 178 g/mol. The lowest BCUT2D eigenvalue weighted by molar-refractivity contribution is 0.0292. The lowest BCUT2D eigenvalue weighted by atomic mass is 10.2. The quantitative estimate of drug-likeness (QED) is 0.654. The Morgan fingerprint density at radius 2 is 2.00 bits per heavy atom. The van der Waals surface area contributed by atoms with Crippen molar-refractivity contribution in [3.05, 3.63) is 30.5 Å². The van der Waals surface area contributed by atoms with Crippen LogP contribution >= 0.6 is 0 Å². The number of nitrogens with zero attached hydrogens (tertiary/aromatic N) is 2. The molecule has 1 aromatic carbocycles. The lowest BCUT2D eigenvalue weighted by Gasteiger charge is -2.07. The van der Waals surface area contributed by atoms with Gasteiger partial charge in [-0.05, 0) is 24.3 Å². The Labute approximate surface area is 75.2 Å². The van der Waals surface area contributed by atoms with Crippen LogP contribution in [0.25, 0.3) is 10.9 Å². The summed E-state index contributed by atoms with van der Waals surface area (Å²) in [6.45, 7) is 0. The minimum Gasteiger partial charge on any atom is -0.351 e. The molecule has 2 N–H and O–H groups in total. The van der Waals surface area contributed by atoms with E-state index in [1.165, 1.54) is 0 Å². The van der Waals surface area contributed by atoms with E-state index in [0.29, 0.717) is 5.69 Å². The van der Waals surface area contributed by atoms with Crippen LogP contribution < -0.4 is 5.23 Å². The van der Waals surface area contributed by atoms with Gasteiger partial charge in [-0.15, -0.1) is 5.23 Å². The number of hydrogen-bond donors (Lipinski definition) is 2. The van der Waals surface area contributed by atoms with Crippen molar-refractivity contribution in [2.45, 2.75) is 0 Å². The SMILES string of the molecule is Cn1ccc2cc(N(O)O)ccc21. The second-order valence-electron chi connectivity index (χ2n) is 2.96. The molecule has 2 aromatic rings. The maximum atomic E-state index is 8.77. The standard InChI is InChI=1S/C9H10N2O2/c1-10-5-4-7-6-8(11(12)13)2-3-9(7)10/h2-6,12-13H,1H3. The summed E-state index contributed by atoms with van der Waals surface area (Å²) in [6, 6.07) is 7.10. The zero-order chi connectivity index (χ0) is 9.42. The summed E-state index contributed by atoms with van der Waals surface area (Å²) in [5, 5.41) is 18.6. The van der Waals surface area contributed by atoms with Gasteiger partial charge in [-0.3, -0.25) is 10.4 Å². The van der Waals surface area contributed by atoms with Gasteiger partial charge < -0.3 is 4.57 Å².